The summed E-state index contributed by atoms with van der Waals surface area (Å²) in [6, 6.07) is 0. The van der Waals surface area contributed by atoms with E-state index < -0.39 is 0 Å². The highest BCUT2D eigenvalue weighted by atomic mass is 16.1. The van der Waals surface area contributed by atoms with Gasteiger partial charge in [0.1, 0.15) is 5.78 Å². The van der Waals surface area contributed by atoms with Crippen molar-refractivity contribution in [2.45, 2.75) is 53.4 Å². The minimum atomic E-state index is 0.321. The topological polar surface area (TPSA) is 17.1 Å². The van der Waals surface area contributed by atoms with Crippen molar-refractivity contribution in [3.8, 4) is 0 Å². The molecule has 3 aliphatic rings. The number of Topliss-reactive ketones (excluding diaryl/α,β-unsaturated/α-hetero) is 1. The Morgan fingerprint density at radius 3 is 2.50 bits per heavy atom. The lowest BCUT2D eigenvalue weighted by Crippen LogP contribution is -2.35. The molecule has 0 aromatic rings. The van der Waals surface area contributed by atoms with Gasteiger partial charge in [-0.3, -0.25) is 4.79 Å². The highest BCUT2D eigenvalue weighted by Gasteiger charge is 2.70. The molecule has 0 aliphatic heterocycles. The Labute approximate surface area is 99.0 Å². The summed E-state index contributed by atoms with van der Waals surface area (Å²) in [5, 5.41) is 0. The van der Waals surface area contributed by atoms with E-state index in [1.54, 1.807) is 0 Å². The fourth-order valence-electron chi connectivity index (χ4n) is 5.40. The molecule has 0 unspecified atom stereocenters. The quantitative estimate of drug-likeness (QED) is 0.608. The molecule has 0 saturated heterocycles. The first-order valence-electron chi connectivity index (χ1n) is 6.93. The molecule has 0 bridgehead atoms. The van der Waals surface area contributed by atoms with Gasteiger partial charge in [-0.25, -0.2) is 0 Å². The molecule has 0 spiro atoms. The molecule has 0 N–H and O–H groups in total. The third-order valence-corrected chi connectivity index (χ3v) is 6.51. The molecule has 0 amide bonds. The fourth-order valence-corrected chi connectivity index (χ4v) is 5.40. The van der Waals surface area contributed by atoms with E-state index in [1.807, 2.05) is 0 Å². The van der Waals surface area contributed by atoms with Crippen LogP contribution >= 0.6 is 0 Å². The van der Waals surface area contributed by atoms with Crippen LogP contribution in [0.1, 0.15) is 53.4 Å². The molecule has 0 aromatic heterocycles. The van der Waals surface area contributed by atoms with Crippen LogP contribution < -0.4 is 0 Å². The van der Waals surface area contributed by atoms with E-state index in [1.165, 1.54) is 6.42 Å². The van der Waals surface area contributed by atoms with Crippen molar-refractivity contribution in [1.29, 1.82) is 0 Å². The minimum Gasteiger partial charge on any atom is -0.299 e. The van der Waals surface area contributed by atoms with Gasteiger partial charge >= 0.3 is 0 Å². The molecule has 3 aliphatic carbocycles. The fraction of sp³-hybridized carbons (Fsp3) is 0.933. The molecule has 1 heteroatoms. The number of rotatable bonds is 0. The lowest BCUT2D eigenvalue weighted by atomic mass is 9.67. The molecule has 0 aromatic carbocycles. The van der Waals surface area contributed by atoms with Gasteiger partial charge in [0, 0.05) is 12.3 Å². The van der Waals surface area contributed by atoms with Crippen LogP contribution in [0.25, 0.3) is 0 Å². The van der Waals surface area contributed by atoms with Gasteiger partial charge in [0.25, 0.3) is 0 Å². The van der Waals surface area contributed by atoms with Crippen LogP contribution in [0.5, 0.6) is 0 Å². The predicted molar refractivity (Wildman–Crippen MR) is 65.0 cm³/mol. The van der Waals surface area contributed by atoms with Gasteiger partial charge in [0.2, 0.25) is 0 Å². The van der Waals surface area contributed by atoms with Gasteiger partial charge < -0.3 is 0 Å². The Bertz CT molecular complexity index is 343. The molecule has 3 saturated carbocycles. The number of fused-ring (bicyclic) bond motifs is 3. The maximum absolute atomic E-state index is 12.2. The zero-order valence-electron chi connectivity index (χ0n) is 11.0. The SMILES string of the molecule is C[C@@H]1CC[C@@H]2C(=O)CC[C@H]3[C@H](C3(C)C)[C@]12C. The summed E-state index contributed by atoms with van der Waals surface area (Å²) in [5.74, 6) is 3.35. The number of ketones is 1. The lowest BCUT2D eigenvalue weighted by molar-refractivity contribution is -0.126. The first kappa shape index (κ1) is 10.8. The highest BCUT2D eigenvalue weighted by molar-refractivity contribution is 5.83. The predicted octanol–water partition coefficient (Wildman–Crippen LogP) is 3.67. The molecule has 1 nitrogen and oxygen atoms in total. The van der Waals surface area contributed by atoms with Crippen molar-refractivity contribution in [2.24, 2.45) is 34.5 Å². The van der Waals surface area contributed by atoms with Crippen molar-refractivity contribution in [3.05, 3.63) is 0 Å². The number of hydrogen-bond acceptors (Lipinski definition) is 1. The summed E-state index contributed by atoms with van der Waals surface area (Å²) in [6.45, 7) is 9.64. The molecular formula is C15H24O. The smallest absolute Gasteiger partial charge is 0.136 e. The van der Waals surface area contributed by atoms with Crippen molar-refractivity contribution in [1.82, 2.24) is 0 Å². The van der Waals surface area contributed by atoms with Crippen molar-refractivity contribution >= 4 is 5.78 Å². The lowest BCUT2D eigenvalue weighted by Gasteiger charge is -2.36. The zero-order valence-corrected chi connectivity index (χ0v) is 11.0. The summed E-state index contributed by atoms with van der Waals surface area (Å²) in [7, 11) is 0. The maximum Gasteiger partial charge on any atom is 0.136 e. The van der Waals surface area contributed by atoms with Crippen LogP contribution in [0.3, 0.4) is 0 Å². The number of carbonyl (C=O) groups excluding carboxylic acids is 1. The third kappa shape index (κ3) is 1.05. The Morgan fingerprint density at radius 2 is 1.81 bits per heavy atom. The number of carbonyl (C=O) groups is 1. The van der Waals surface area contributed by atoms with E-state index in [9.17, 15) is 4.79 Å². The summed E-state index contributed by atoms with van der Waals surface area (Å²) in [6.07, 6.45) is 4.45. The largest absolute Gasteiger partial charge is 0.299 e. The first-order chi connectivity index (χ1) is 7.40. The minimum absolute atomic E-state index is 0.321. The van der Waals surface area contributed by atoms with Gasteiger partial charge in [-0.1, -0.05) is 27.7 Å². The molecule has 3 fully saturated rings. The van der Waals surface area contributed by atoms with Gasteiger partial charge in [-0.05, 0) is 47.8 Å². The summed E-state index contributed by atoms with van der Waals surface area (Å²) in [4.78, 5) is 12.2. The van der Waals surface area contributed by atoms with E-state index in [2.05, 4.69) is 27.7 Å². The van der Waals surface area contributed by atoms with E-state index in [-0.39, 0.29) is 0 Å². The van der Waals surface area contributed by atoms with Crippen molar-refractivity contribution < 1.29 is 4.79 Å². The maximum atomic E-state index is 12.2. The van der Waals surface area contributed by atoms with Crippen LogP contribution in [0.4, 0.5) is 0 Å². The Morgan fingerprint density at radius 1 is 1.12 bits per heavy atom. The van der Waals surface area contributed by atoms with Crippen LogP contribution in [0.15, 0.2) is 0 Å². The normalized spacial score (nSPS) is 54.1. The van der Waals surface area contributed by atoms with E-state index in [4.69, 9.17) is 0 Å². The molecule has 0 radical (unpaired) electrons. The molecule has 0 heterocycles. The molecule has 3 rings (SSSR count). The van der Waals surface area contributed by atoms with Gasteiger partial charge in [0.15, 0.2) is 0 Å². The van der Waals surface area contributed by atoms with Crippen molar-refractivity contribution in [3.63, 3.8) is 0 Å². The second kappa shape index (κ2) is 2.91. The summed E-state index contributed by atoms with van der Waals surface area (Å²) < 4.78 is 0. The van der Waals surface area contributed by atoms with Crippen molar-refractivity contribution in [2.75, 3.05) is 0 Å². The van der Waals surface area contributed by atoms with Crippen LogP contribution in [0, 0.1) is 34.5 Å². The van der Waals surface area contributed by atoms with Crippen LogP contribution in [0.2, 0.25) is 0 Å². The second-order valence-corrected chi connectivity index (χ2v) is 7.31. The highest BCUT2D eigenvalue weighted by Crippen LogP contribution is 2.74. The monoisotopic (exact) mass is 220 g/mol. The zero-order chi connectivity index (χ0) is 11.7. The second-order valence-electron chi connectivity index (χ2n) is 7.31. The van der Waals surface area contributed by atoms with Gasteiger partial charge in [-0.2, -0.15) is 0 Å². The van der Waals surface area contributed by atoms with E-state index in [0.717, 1.165) is 37.0 Å². The summed E-state index contributed by atoms with van der Waals surface area (Å²) >= 11 is 0. The van der Waals surface area contributed by atoms with E-state index in [0.29, 0.717) is 22.5 Å². The first-order valence-corrected chi connectivity index (χ1v) is 6.93. The van der Waals surface area contributed by atoms with Gasteiger partial charge in [-0.15, -0.1) is 0 Å². The van der Waals surface area contributed by atoms with Gasteiger partial charge in [0.05, 0.1) is 0 Å². The molecule has 16 heavy (non-hydrogen) atoms. The third-order valence-electron chi connectivity index (χ3n) is 6.51. The Balaban J connectivity index is 2.03. The average molecular weight is 220 g/mol. The number of hydrogen-bond donors (Lipinski definition) is 0. The average Bonchev–Trinajstić information content (AvgIpc) is 2.67. The molecule has 90 valence electrons. The Hall–Kier alpha value is -0.330. The summed E-state index contributed by atoms with van der Waals surface area (Å²) in [5.41, 5.74) is 0.827. The van der Waals surface area contributed by atoms with Crippen LogP contribution in [-0.4, -0.2) is 5.78 Å². The van der Waals surface area contributed by atoms with Crippen LogP contribution in [-0.2, 0) is 4.79 Å². The van der Waals surface area contributed by atoms with E-state index >= 15 is 0 Å². The standard InChI is InChI=1S/C15H24O/c1-9-5-6-10-12(16)8-7-11-13(14(11,2)3)15(9,10)4/h9-11,13H,5-8H2,1-4H3/t9-,10-,11+,13-,15-/m1/s1. The Kier molecular flexibility index (Phi) is 1.97. The molecule has 5 atom stereocenters. The molecular weight excluding hydrogens is 196 g/mol.